The number of aliphatic imine (C=N–C) groups is 2. The van der Waals surface area contributed by atoms with E-state index in [0.29, 0.717) is 42.2 Å². The van der Waals surface area contributed by atoms with Crippen molar-refractivity contribution < 1.29 is 9.47 Å². The Bertz CT molecular complexity index is 1450. The van der Waals surface area contributed by atoms with E-state index in [1.165, 1.54) is 0 Å². The van der Waals surface area contributed by atoms with Crippen LogP contribution in [0.15, 0.2) is 83.0 Å². The normalized spacial score (nSPS) is 17.4. The molecule has 8 nitrogen and oxygen atoms in total. The smallest absolute Gasteiger partial charge is 0.236 e. The zero-order chi connectivity index (χ0) is 26.3. The molecule has 0 radical (unpaired) electrons. The monoisotopic (exact) mass is 504 g/mol. The molecule has 4 aromatic rings. The van der Waals surface area contributed by atoms with Crippen molar-refractivity contribution in [3.05, 3.63) is 84.4 Å². The maximum absolute atomic E-state index is 5.75. The summed E-state index contributed by atoms with van der Waals surface area (Å²) in [4.78, 5) is 28.2. The standard InChI is InChI=1S/C30H28N6O2/c1-29(2)17-37-27(35-29)22-12-10-20(15-31-22)25-14-24(19-8-6-5-7-9-19)33-26(34-25)21-11-13-23(32-16-21)28-36-30(3,4)18-38-28/h5-16H,17-18H2,1-4H3. The van der Waals surface area contributed by atoms with Crippen molar-refractivity contribution in [1.82, 2.24) is 19.9 Å². The molecule has 0 bridgehead atoms. The summed E-state index contributed by atoms with van der Waals surface area (Å²) < 4.78 is 11.5. The summed E-state index contributed by atoms with van der Waals surface area (Å²) in [5.74, 6) is 1.70. The minimum Gasteiger partial charge on any atom is -0.474 e. The van der Waals surface area contributed by atoms with Crippen LogP contribution in [0.25, 0.3) is 33.9 Å². The van der Waals surface area contributed by atoms with Gasteiger partial charge >= 0.3 is 0 Å². The molecule has 5 heterocycles. The second kappa shape index (κ2) is 9.13. The average Bonchev–Trinajstić information content (AvgIpc) is 3.49. The minimum atomic E-state index is -0.242. The van der Waals surface area contributed by atoms with E-state index in [4.69, 9.17) is 19.4 Å². The van der Waals surface area contributed by atoms with Crippen molar-refractivity contribution >= 4 is 11.8 Å². The van der Waals surface area contributed by atoms with Crippen LogP contribution in [0, 0.1) is 0 Å². The highest BCUT2D eigenvalue weighted by Gasteiger charge is 2.28. The average molecular weight is 505 g/mol. The fraction of sp³-hybridized carbons (Fsp3) is 0.267. The van der Waals surface area contributed by atoms with Gasteiger partial charge in [0.05, 0.1) is 22.5 Å². The van der Waals surface area contributed by atoms with Gasteiger partial charge in [-0.15, -0.1) is 0 Å². The van der Waals surface area contributed by atoms with E-state index in [2.05, 4.69) is 20.0 Å². The number of aromatic nitrogens is 4. The van der Waals surface area contributed by atoms with Crippen molar-refractivity contribution in [2.24, 2.45) is 9.98 Å². The molecular formula is C30H28N6O2. The quantitative estimate of drug-likeness (QED) is 0.362. The summed E-state index contributed by atoms with van der Waals surface area (Å²) >= 11 is 0. The van der Waals surface area contributed by atoms with E-state index < -0.39 is 0 Å². The SMILES string of the molecule is CC1(C)COC(c2ccc(-c3cc(-c4ccccc4)nc(-c4ccc(C5=NC(C)(C)CO5)nc4)n3)cn2)=N1. The lowest BCUT2D eigenvalue weighted by molar-refractivity contribution is 0.279. The Kier molecular flexibility index (Phi) is 5.75. The molecule has 0 fully saturated rings. The van der Waals surface area contributed by atoms with Crippen LogP contribution in [0.4, 0.5) is 0 Å². The summed E-state index contributed by atoms with van der Waals surface area (Å²) in [6, 6.07) is 19.8. The predicted molar refractivity (Wildman–Crippen MR) is 147 cm³/mol. The number of hydrogen-bond donors (Lipinski definition) is 0. The van der Waals surface area contributed by atoms with Gasteiger partial charge in [-0.05, 0) is 58.0 Å². The van der Waals surface area contributed by atoms with Gasteiger partial charge in [-0.2, -0.15) is 0 Å². The van der Waals surface area contributed by atoms with Crippen LogP contribution in [-0.4, -0.2) is 56.0 Å². The zero-order valence-corrected chi connectivity index (χ0v) is 21.8. The first kappa shape index (κ1) is 23.9. The van der Waals surface area contributed by atoms with Gasteiger partial charge in [0, 0.05) is 29.1 Å². The van der Waals surface area contributed by atoms with Gasteiger partial charge < -0.3 is 9.47 Å². The van der Waals surface area contributed by atoms with Crippen LogP contribution >= 0.6 is 0 Å². The number of benzene rings is 1. The minimum absolute atomic E-state index is 0.238. The number of pyridine rings is 2. The van der Waals surface area contributed by atoms with E-state index >= 15 is 0 Å². The highest BCUT2D eigenvalue weighted by Crippen LogP contribution is 2.28. The van der Waals surface area contributed by atoms with Gasteiger partial charge in [0.1, 0.15) is 24.6 Å². The largest absolute Gasteiger partial charge is 0.474 e. The molecule has 2 aliphatic heterocycles. The molecular weight excluding hydrogens is 476 g/mol. The van der Waals surface area contributed by atoms with Crippen LogP contribution in [0.5, 0.6) is 0 Å². The molecule has 1 aromatic carbocycles. The van der Waals surface area contributed by atoms with Gasteiger partial charge in [-0.1, -0.05) is 30.3 Å². The molecule has 6 rings (SSSR count). The van der Waals surface area contributed by atoms with E-state index in [1.807, 2.05) is 88.4 Å². The van der Waals surface area contributed by atoms with E-state index in [9.17, 15) is 0 Å². The third-order valence-corrected chi connectivity index (χ3v) is 6.25. The molecule has 0 amide bonds. The Labute approximate surface area is 221 Å². The first-order valence-electron chi connectivity index (χ1n) is 12.6. The van der Waals surface area contributed by atoms with E-state index in [-0.39, 0.29) is 11.1 Å². The Morgan fingerprint density at radius 1 is 0.579 bits per heavy atom. The summed E-state index contributed by atoms with van der Waals surface area (Å²) in [6.07, 6.45) is 3.56. The number of hydrogen-bond acceptors (Lipinski definition) is 8. The molecule has 0 aliphatic carbocycles. The van der Waals surface area contributed by atoms with Crippen LogP contribution in [0.3, 0.4) is 0 Å². The molecule has 190 valence electrons. The highest BCUT2D eigenvalue weighted by atomic mass is 16.5. The van der Waals surface area contributed by atoms with Gasteiger partial charge in [0.15, 0.2) is 5.82 Å². The van der Waals surface area contributed by atoms with E-state index in [1.54, 1.807) is 12.4 Å². The van der Waals surface area contributed by atoms with Crippen molar-refractivity contribution in [1.29, 1.82) is 0 Å². The maximum Gasteiger partial charge on any atom is 0.236 e. The van der Waals surface area contributed by atoms with Crippen molar-refractivity contribution in [3.63, 3.8) is 0 Å². The first-order valence-corrected chi connectivity index (χ1v) is 12.6. The lowest BCUT2D eigenvalue weighted by Crippen LogP contribution is -2.17. The van der Waals surface area contributed by atoms with Crippen LogP contribution in [0.1, 0.15) is 39.1 Å². The summed E-state index contributed by atoms with van der Waals surface area (Å²) in [7, 11) is 0. The molecule has 0 spiro atoms. The Morgan fingerprint density at radius 3 is 1.58 bits per heavy atom. The van der Waals surface area contributed by atoms with Crippen molar-refractivity contribution in [3.8, 4) is 33.9 Å². The molecule has 8 heteroatoms. The van der Waals surface area contributed by atoms with Gasteiger partial charge in [-0.25, -0.2) is 20.0 Å². The molecule has 3 aromatic heterocycles. The van der Waals surface area contributed by atoms with Gasteiger partial charge in [0.25, 0.3) is 0 Å². The summed E-state index contributed by atoms with van der Waals surface area (Å²) in [5.41, 5.74) is 5.16. The Hall–Kier alpha value is -4.46. The zero-order valence-electron chi connectivity index (χ0n) is 21.8. The van der Waals surface area contributed by atoms with Crippen LogP contribution in [-0.2, 0) is 9.47 Å². The lowest BCUT2D eigenvalue weighted by Gasteiger charge is -2.10. The molecule has 0 atom stereocenters. The molecule has 2 aliphatic rings. The number of nitrogens with zero attached hydrogens (tertiary/aromatic N) is 6. The maximum atomic E-state index is 5.75. The third-order valence-electron chi connectivity index (χ3n) is 6.25. The van der Waals surface area contributed by atoms with Gasteiger partial charge in [0.2, 0.25) is 11.8 Å². The number of ether oxygens (including phenoxy) is 2. The van der Waals surface area contributed by atoms with Crippen molar-refractivity contribution in [2.75, 3.05) is 13.2 Å². The fourth-order valence-electron chi connectivity index (χ4n) is 4.24. The third kappa shape index (κ3) is 4.89. The molecule has 0 N–H and O–H groups in total. The lowest BCUT2D eigenvalue weighted by atomic mass is 10.1. The Balaban J connectivity index is 1.37. The van der Waals surface area contributed by atoms with Crippen molar-refractivity contribution in [2.45, 2.75) is 38.8 Å². The second-order valence-corrected chi connectivity index (χ2v) is 10.7. The van der Waals surface area contributed by atoms with Crippen LogP contribution < -0.4 is 0 Å². The highest BCUT2D eigenvalue weighted by molar-refractivity contribution is 5.94. The first-order chi connectivity index (χ1) is 18.2. The molecule has 0 saturated heterocycles. The molecule has 38 heavy (non-hydrogen) atoms. The fourth-order valence-corrected chi connectivity index (χ4v) is 4.24. The topological polar surface area (TPSA) is 94.7 Å². The summed E-state index contributed by atoms with van der Waals surface area (Å²) in [6.45, 7) is 9.24. The predicted octanol–water partition coefficient (Wildman–Crippen LogP) is 5.38. The second-order valence-electron chi connectivity index (χ2n) is 10.7. The molecule has 0 unspecified atom stereocenters. The van der Waals surface area contributed by atoms with E-state index in [0.717, 1.165) is 28.1 Å². The summed E-state index contributed by atoms with van der Waals surface area (Å²) in [5, 5.41) is 0. The Morgan fingerprint density at radius 2 is 1.11 bits per heavy atom. The van der Waals surface area contributed by atoms with Crippen LogP contribution in [0.2, 0.25) is 0 Å². The van der Waals surface area contributed by atoms with Gasteiger partial charge in [-0.3, -0.25) is 9.97 Å². The molecule has 0 saturated carbocycles. The number of rotatable bonds is 5.